The average Bonchev–Trinajstić information content (AvgIpc) is 2.23. The summed E-state index contributed by atoms with van der Waals surface area (Å²) in [5.74, 6) is -0.314. The van der Waals surface area contributed by atoms with Crippen LogP contribution in [-0.2, 0) is 14.3 Å². The van der Waals surface area contributed by atoms with Crippen molar-refractivity contribution in [1.29, 1.82) is 0 Å². The molecule has 0 heterocycles. The van der Waals surface area contributed by atoms with Gasteiger partial charge in [0.15, 0.2) is 0 Å². The Labute approximate surface area is 97.7 Å². The van der Waals surface area contributed by atoms with Crippen LogP contribution in [0.25, 0.3) is 0 Å². The molecule has 0 aromatic heterocycles. The summed E-state index contributed by atoms with van der Waals surface area (Å²) in [5.41, 5.74) is 4.73. The molecule has 0 radical (unpaired) electrons. The summed E-state index contributed by atoms with van der Waals surface area (Å²) < 4.78 is 10.2. The van der Waals surface area contributed by atoms with Gasteiger partial charge in [-0.25, -0.2) is 0 Å². The monoisotopic (exact) mass is 232 g/mol. The van der Waals surface area contributed by atoms with Gasteiger partial charge in [0.1, 0.15) is 0 Å². The van der Waals surface area contributed by atoms with Crippen LogP contribution in [0, 0.1) is 0 Å². The fourth-order valence-electron chi connectivity index (χ4n) is 1.46. The van der Waals surface area contributed by atoms with Gasteiger partial charge >= 0.3 is 0 Å². The number of methoxy groups -OCH3 is 1. The molecule has 3 N–H and O–H groups in total. The Morgan fingerprint density at radius 2 is 2.06 bits per heavy atom. The first-order valence-corrected chi connectivity index (χ1v) is 5.68. The van der Waals surface area contributed by atoms with E-state index in [2.05, 4.69) is 5.32 Å². The molecule has 0 aromatic carbocycles. The fraction of sp³-hybridized carbons (Fsp3) is 0.909. The third-order valence-corrected chi connectivity index (χ3v) is 2.51. The predicted molar refractivity (Wildman–Crippen MR) is 63.2 cm³/mol. The van der Waals surface area contributed by atoms with Gasteiger partial charge in [-0.2, -0.15) is 0 Å². The molecule has 0 aliphatic rings. The van der Waals surface area contributed by atoms with Crippen molar-refractivity contribution in [2.24, 2.45) is 5.73 Å². The van der Waals surface area contributed by atoms with Crippen LogP contribution in [-0.4, -0.2) is 44.9 Å². The molecule has 96 valence electrons. The Kier molecular flexibility index (Phi) is 8.15. The lowest BCUT2D eigenvalue weighted by Crippen LogP contribution is -2.53. The van der Waals surface area contributed by atoms with E-state index in [1.807, 2.05) is 13.8 Å². The van der Waals surface area contributed by atoms with Crippen molar-refractivity contribution in [3.63, 3.8) is 0 Å². The normalized spacial score (nSPS) is 14.7. The summed E-state index contributed by atoms with van der Waals surface area (Å²) in [5, 5.41) is 3.11. The molecule has 0 spiro atoms. The zero-order chi connectivity index (χ0) is 12.4. The molecule has 0 fully saturated rings. The third-order valence-electron chi connectivity index (χ3n) is 2.51. The van der Waals surface area contributed by atoms with Crippen LogP contribution in [0.15, 0.2) is 0 Å². The quantitative estimate of drug-likeness (QED) is 0.531. The summed E-state index contributed by atoms with van der Waals surface area (Å²) in [4.78, 5) is 11.3. The van der Waals surface area contributed by atoms with Crippen molar-refractivity contribution in [3.8, 4) is 0 Å². The number of carbonyl (C=O) groups excluding carboxylic acids is 1. The first-order chi connectivity index (χ1) is 7.56. The lowest BCUT2D eigenvalue weighted by molar-refractivity contribution is -0.124. The van der Waals surface area contributed by atoms with Gasteiger partial charge in [0, 0.05) is 13.7 Å². The molecule has 1 amide bonds. The Morgan fingerprint density at radius 1 is 1.38 bits per heavy atom. The van der Waals surface area contributed by atoms with Crippen molar-refractivity contribution in [2.75, 3.05) is 33.5 Å². The summed E-state index contributed by atoms with van der Waals surface area (Å²) >= 11 is 0. The molecule has 0 aliphatic carbocycles. The van der Waals surface area contributed by atoms with E-state index in [-0.39, 0.29) is 5.91 Å². The summed E-state index contributed by atoms with van der Waals surface area (Å²) in [6, 6.07) is 0. The minimum absolute atomic E-state index is 0.314. The number of likely N-dealkylation sites (N-methyl/N-ethyl adjacent to an activating group) is 1. The van der Waals surface area contributed by atoms with E-state index in [9.17, 15) is 4.79 Å². The van der Waals surface area contributed by atoms with E-state index >= 15 is 0 Å². The highest BCUT2D eigenvalue weighted by Crippen LogP contribution is 2.11. The van der Waals surface area contributed by atoms with E-state index in [1.54, 1.807) is 7.11 Å². The van der Waals surface area contributed by atoms with Crippen LogP contribution in [0.3, 0.4) is 0 Å². The van der Waals surface area contributed by atoms with E-state index < -0.39 is 5.54 Å². The lowest BCUT2D eigenvalue weighted by atomic mass is 9.95. The van der Waals surface area contributed by atoms with Crippen LogP contribution >= 0.6 is 0 Å². The van der Waals surface area contributed by atoms with Gasteiger partial charge in [-0.15, -0.1) is 0 Å². The average molecular weight is 232 g/mol. The Hall–Kier alpha value is -0.650. The van der Waals surface area contributed by atoms with Crippen molar-refractivity contribution >= 4 is 5.91 Å². The van der Waals surface area contributed by atoms with Crippen LogP contribution in [0.1, 0.15) is 26.7 Å². The van der Waals surface area contributed by atoms with Gasteiger partial charge in [0.25, 0.3) is 0 Å². The van der Waals surface area contributed by atoms with Gasteiger partial charge in [-0.05, 0) is 26.3 Å². The number of rotatable bonds is 10. The number of hydrogen-bond acceptors (Lipinski definition) is 4. The first kappa shape index (κ1) is 15.3. The van der Waals surface area contributed by atoms with Gasteiger partial charge < -0.3 is 20.5 Å². The van der Waals surface area contributed by atoms with Crippen LogP contribution < -0.4 is 11.1 Å². The van der Waals surface area contributed by atoms with E-state index in [0.717, 1.165) is 13.0 Å². The molecule has 0 saturated heterocycles. The minimum atomic E-state index is -0.626. The summed E-state index contributed by atoms with van der Waals surface area (Å²) in [7, 11) is 1.64. The predicted octanol–water partition coefficient (Wildman–Crippen LogP) is 0.283. The number of ether oxygens (including phenoxy) is 2. The molecule has 0 aromatic rings. The van der Waals surface area contributed by atoms with Crippen LogP contribution in [0.4, 0.5) is 0 Å². The SMILES string of the molecule is CCNC(C)(CCCOCCOC)C(N)=O. The standard InChI is InChI=1S/C11H24N2O3/c1-4-13-11(2,10(12)14)6-5-7-16-9-8-15-3/h13H,4-9H2,1-3H3,(H2,12,14). The number of amides is 1. The summed E-state index contributed by atoms with van der Waals surface area (Å²) in [6.45, 7) is 6.32. The number of hydrogen-bond donors (Lipinski definition) is 2. The Balaban J connectivity index is 3.73. The highest BCUT2D eigenvalue weighted by Gasteiger charge is 2.28. The molecule has 0 rings (SSSR count). The molecule has 5 heteroatoms. The molecular formula is C11H24N2O3. The Morgan fingerprint density at radius 3 is 2.56 bits per heavy atom. The van der Waals surface area contributed by atoms with Gasteiger partial charge in [0.2, 0.25) is 5.91 Å². The zero-order valence-electron chi connectivity index (χ0n) is 10.5. The molecule has 0 aliphatic heterocycles. The first-order valence-electron chi connectivity index (χ1n) is 5.68. The second-order valence-electron chi connectivity index (χ2n) is 3.94. The summed E-state index contributed by atoms with van der Waals surface area (Å²) in [6.07, 6.45) is 1.49. The molecule has 1 unspecified atom stereocenters. The number of nitrogens with one attached hydrogen (secondary N) is 1. The van der Waals surface area contributed by atoms with Crippen LogP contribution in [0.2, 0.25) is 0 Å². The molecule has 0 saturated carbocycles. The number of carbonyl (C=O) groups is 1. The van der Waals surface area contributed by atoms with Gasteiger partial charge in [-0.1, -0.05) is 6.92 Å². The topological polar surface area (TPSA) is 73.6 Å². The molecule has 1 atom stereocenters. The van der Waals surface area contributed by atoms with E-state index in [1.165, 1.54) is 0 Å². The zero-order valence-corrected chi connectivity index (χ0v) is 10.5. The maximum atomic E-state index is 11.3. The number of nitrogens with two attached hydrogens (primary N) is 1. The highest BCUT2D eigenvalue weighted by molar-refractivity contribution is 5.84. The molecule has 5 nitrogen and oxygen atoms in total. The second kappa shape index (κ2) is 8.50. The number of primary amides is 1. The van der Waals surface area contributed by atoms with Crippen molar-refractivity contribution in [3.05, 3.63) is 0 Å². The van der Waals surface area contributed by atoms with Crippen molar-refractivity contribution < 1.29 is 14.3 Å². The van der Waals surface area contributed by atoms with Crippen molar-refractivity contribution in [2.45, 2.75) is 32.2 Å². The van der Waals surface area contributed by atoms with E-state index in [4.69, 9.17) is 15.2 Å². The van der Waals surface area contributed by atoms with Gasteiger partial charge in [0.05, 0.1) is 18.8 Å². The van der Waals surface area contributed by atoms with Gasteiger partial charge in [-0.3, -0.25) is 4.79 Å². The third kappa shape index (κ3) is 6.05. The minimum Gasteiger partial charge on any atom is -0.382 e. The smallest absolute Gasteiger partial charge is 0.237 e. The maximum Gasteiger partial charge on any atom is 0.237 e. The maximum absolute atomic E-state index is 11.3. The second-order valence-corrected chi connectivity index (χ2v) is 3.94. The van der Waals surface area contributed by atoms with Crippen LogP contribution in [0.5, 0.6) is 0 Å². The fourth-order valence-corrected chi connectivity index (χ4v) is 1.46. The van der Waals surface area contributed by atoms with Crippen molar-refractivity contribution in [1.82, 2.24) is 5.32 Å². The highest BCUT2D eigenvalue weighted by atomic mass is 16.5. The molecule has 16 heavy (non-hydrogen) atoms. The molecular weight excluding hydrogens is 208 g/mol. The molecule has 0 bridgehead atoms. The lowest BCUT2D eigenvalue weighted by Gasteiger charge is -2.26. The Bertz CT molecular complexity index is 200. The largest absolute Gasteiger partial charge is 0.382 e. The van der Waals surface area contributed by atoms with E-state index in [0.29, 0.717) is 26.2 Å².